The van der Waals surface area contributed by atoms with Crippen LogP contribution in [0.25, 0.3) is 11.3 Å². The Labute approximate surface area is 122 Å². The van der Waals surface area contributed by atoms with E-state index in [-0.39, 0.29) is 6.03 Å². The zero-order valence-corrected chi connectivity index (χ0v) is 11.2. The second kappa shape index (κ2) is 5.92. The van der Waals surface area contributed by atoms with Crippen LogP contribution in [0, 0.1) is 0 Å². The van der Waals surface area contributed by atoms with Crippen molar-refractivity contribution in [2.45, 2.75) is 0 Å². The Hall–Kier alpha value is -3.08. The zero-order chi connectivity index (χ0) is 14.5. The molecule has 0 saturated heterocycles. The van der Waals surface area contributed by atoms with Crippen molar-refractivity contribution < 1.29 is 4.79 Å². The van der Waals surface area contributed by atoms with Crippen molar-refractivity contribution in [1.29, 1.82) is 0 Å². The zero-order valence-electron chi connectivity index (χ0n) is 11.2. The predicted octanol–water partition coefficient (Wildman–Crippen LogP) is 3.72. The quantitative estimate of drug-likeness (QED) is 0.683. The molecule has 2 aromatic carbocycles. The largest absolute Gasteiger partial charge is 0.324 e. The van der Waals surface area contributed by atoms with Gasteiger partial charge in [0.1, 0.15) is 0 Å². The summed E-state index contributed by atoms with van der Waals surface area (Å²) in [6, 6.07) is 20.5. The molecule has 1 aromatic heterocycles. The Morgan fingerprint density at radius 1 is 0.905 bits per heavy atom. The van der Waals surface area contributed by atoms with Crippen LogP contribution >= 0.6 is 0 Å². The highest BCUT2D eigenvalue weighted by atomic mass is 16.2. The SMILES string of the molecule is O=C(Nc1ccccc1)Nc1cc(-c2ccccc2)[nH]n1. The van der Waals surface area contributed by atoms with E-state index in [0.717, 1.165) is 16.9 Å². The standard InChI is InChI=1S/C16H14N4O/c21-16(17-13-9-5-2-6-10-13)18-15-11-14(19-20-15)12-7-3-1-4-8-12/h1-11H,(H3,17,18,19,20,21). The number of para-hydroxylation sites is 1. The lowest BCUT2D eigenvalue weighted by molar-refractivity contribution is 0.262. The smallest absolute Gasteiger partial charge is 0.308 e. The molecule has 0 bridgehead atoms. The lowest BCUT2D eigenvalue weighted by Crippen LogP contribution is -2.19. The first-order chi connectivity index (χ1) is 10.3. The predicted molar refractivity (Wildman–Crippen MR) is 83.1 cm³/mol. The van der Waals surface area contributed by atoms with Crippen molar-refractivity contribution >= 4 is 17.5 Å². The number of carbonyl (C=O) groups is 1. The molecule has 0 atom stereocenters. The number of hydrogen-bond donors (Lipinski definition) is 3. The van der Waals surface area contributed by atoms with Crippen LogP contribution in [0.1, 0.15) is 0 Å². The van der Waals surface area contributed by atoms with Crippen LogP contribution in [0.2, 0.25) is 0 Å². The highest BCUT2D eigenvalue weighted by Gasteiger charge is 2.07. The summed E-state index contributed by atoms with van der Waals surface area (Å²) in [7, 11) is 0. The number of carbonyl (C=O) groups excluding carboxylic acids is 1. The third kappa shape index (κ3) is 3.27. The van der Waals surface area contributed by atoms with Crippen LogP contribution in [0.15, 0.2) is 66.7 Å². The van der Waals surface area contributed by atoms with Crippen LogP contribution in [-0.2, 0) is 0 Å². The third-order valence-electron chi connectivity index (χ3n) is 2.94. The summed E-state index contributed by atoms with van der Waals surface area (Å²) in [5.41, 5.74) is 2.60. The second-order valence-corrected chi connectivity index (χ2v) is 4.48. The maximum atomic E-state index is 11.9. The Morgan fingerprint density at radius 3 is 2.29 bits per heavy atom. The topological polar surface area (TPSA) is 69.8 Å². The van der Waals surface area contributed by atoms with Gasteiger partial charge in [-0.3, -0.25) is 10.4 Å². The van der Waals surface area contributed by atoms with Gasteiger partial charge in [0.2, 0.25) is 0 Å². The lowest BCUT2D eigenvalue weighted by Gasteiger charge is -2.04. The molecule has 0 fully saturated rings. The second-order valence-electron chi connectivity index (χ2n) is 4.48. The number of amides is 2. The molecule has 0 aliphatic carbocycles. The number of benzene rings is 2. The van der Waals surface area contributed by atoms with Crippen molar-refractivity contribution in [2.24, 2.45) is 0 Å². The fraction of sp³-hybridized carbons (Fsp3) is 0. The fourth-order valence-electron chi connectivity index (χ4n) is 1.95. The van der Waals surface area contributed by atoms with Gasteiger partial charge in [-0.15, -0.1) is 0 Å². The molecule has 3 N–H and O–H groups in total. The van der Waals surface area contributed by atoms with Gasteiger partial charge < -0.3 is 5.32 Å². The van der Waals surface area contributed by atoms with E-state index in [9.17, 15) is 4.79 Å². The van der Waals surface area contributed by atoms with E-state index in [1.165, 1.54) is 0 Å². The van der Waals surface area contributed by atoms with E-state index in [1.807, 2.05) is 60.7 Å². The number of hydrogen-bond acceptors (Lipinski definition) is 2. The molecular formula is C16H14N4O. The minimum absolute atomic E-state index is 0.327. The monoisotopic (exact) mass is 278 g/mol. The van der Waals surface area contributed by atoms with E-state index in [0.29, 0.717) is 5.82 Å². The number of aromatic amines is 1. The number of H-pyrrole nitrogens is 1. The van der Waals surface area contributed by atoms with E-state index in [1.54, 1.807) is 6.07 Å². The molecular weight excluding hydrogens is 264 g/mol. The molecule has 5 nitrogen and oxygen atoms in total. The first-order valence-corrected chi connectivity index (χ1v) is 6.55. The molecule has 0 unspecified atom stereocenters. The minimum atomic E-state index is -0.327. The van der Waals surface area contributed by atoms with Gasteiger partial charge in [-0.1, -0.05) is 48.5 Å². The Balaban J connectivity index is 1.66. The van der Waals surface area contributed by atoms with Gasteiger partial charge in [-0.2, -0.15) is 5.10 Å². The summed E-state index contributed by atoms with van der Waals surface area (Å²) in [5, 5.41) is 12.4. The molecule has 0 radical (unpaired) electrons. The lowest BCUT2D eigenvalue weighted by atomic mass is 10.2. The molecule has 0 aliphatic rings. The highest BCUT2D eigenvalue weighted by Crippen LogP contribution is 2.19. The Bertz CT molecular complexity index is 722. The molecule has 1 heterocycles. The van der Waals surface area contributed by atoms with Gasteiger partial charge in [-0.25, -0.2) is 4.79 Å². The normalized spacial score (nSPS) is 10.1. The first-order valence-electron chi connectivity index (χ1n) is 6.55. The average Bonchev–Trinajstić information content (AvgIpc) is 2.97. The van der Waals surface area contributed by atoms with Gasteiger partial charge in [0, 0.05) is 11.8 Å². The molecule has 3 rings (SSSR count). The van der Waals surface area contributed by atoms with Crippen LogP contribution in [0.4, 0.5) is 16.3 Å². The van der Waals surface area contributed by atoms with Crippen molar-refractivity contribution in [2.75, 3.05) is 10.6 Å². The number of aromatic nitrogens is 2. The molecule has 21 heavy (non-hydrogen) atoms. The average molecular weight is 278 g/mol. The summed E-state index contributed by atoms with van der Waals surface area (Å²) in [4.78, 5) is 11.9. The molecule has 0 aliphatic heterocycles. The molecule has 0 saturated carbocycles. The fourth-order valence-corrected chi connectivity index (χ4v) is 1.95. The van der Waals surface area contributed by atoms with Gasteiger partial charge in [-0.05, 0) is 17.7 Å². The molecule has 2 amide bonds. The van der Waals surface area contributed by atoms with Crippen LogP contribution in [-0.4, -0.2) is 16.2 Å². The van der Waals surface area contributed by atoms with Crippen LogP contribution in [0.5, 0.6) is 0 Å². The van der Waals surface area contributed by atoms with Crippen molar-refractivity contribution in [3.05, 3.63) is 66.7 Å². The summed E-state index contributed by atoms with van der Waals surface area (Å²) >= 11 is 0. The van der Waals surface area contributed by atoms with Crippen molar-refractivity contribution in [3.63, 3.8) is 0 Å². The van der Waals surface area contributed by atoms with Gasteiger partial charge in [0.25, 0.3) is 0 Å². The molecule has 0 spiro atoms. The maximum Gasteiger partial charge on any atom is 0.324 e. The number of anilines is 2. The highest BCUT2D eigenvalue weighted by molar-refractivity contribution is 5.99. The van der Waals surface area contributed by atoms with E-state index in [2.05, 4.69) is 20.8 Å². The summed E-state index contributed by atoms with van der Waals surface area (Å²) in [5.74, 6) is 0.474. The van der Waals surface area contributed by atoms with E-state index in [4.69, 9.17) is 0 Å². The van der Waals surface area contributed by atoms with Crippen molar-refractivity contribution in [3.8, 4) is 11.3 Å². The van der Waals surface area contributed by atoms with Gasteiger partial charge in [0.05, 0.1) is 5.69 Å². The number of nitrogens with zero attached hydrogens (tertiary/aromatic N) is 1. The number of rotatable bonds is 3. The maximum absolute atomic E-state index is 11.9. The van der Waals surface area contributed by atoms with Crippen LogP contribution in [0.3, 0.4) is 0 Å². The summed E-state index contributed by atoms with van der Waals surface area (Å²) in [6.07, 6.45) is 0. The minimum Gasteiger partial charge on any atom is -0.308 e. The van der Waals surface area contributed by atoms with Gasteiger partial charge >= 0.3 is 6.03 Å². The third-order valence-corrected chi connectivity index (χ3v) is 2.94. The first kappa shape index (κ1) is 12.9. The molecule has 5 heteroatoms. The number of nitrogens with one attached hydrogen (secondary N) is 3. The van der Waals surface area contributed by atoms with E-state index < -0.39 is 0 Å². The Kier molecular flexibility index (Phi) is 3.64. The van der Waals surface area contributed by atoms with Crippen LogP contribution < -0.4 is 10.6 Å². The Morgan fingerprint density at radius 2 is 1.57 bits per heavy atom. The van der Waals surface area contributed by atoms with Gasteiger partial charge in [0.15, 0.2) is 5.82 Å². The van der Waals surface area contributed by atoms with Crippen molar-refractivity contribution in [1.82, 2.24) is 10.2 Å². The molecule has 3 aromatic rings. The summed E-state index contributed by atoms with van der Waals surface area (Å²) in [6.45, 7) is 0. The number of urea groups is 1. The van der Waals surface area contributed by atoms with E-state index >= 15 is 0 Å². The summed E-state index contributed by atoms with van der Waals surface area (Å²) < 4.78 is 0. The molecule has 104 valence electrons.